The lowest BCUT2D eigenvalue weighted by Crippen LogP contribution is -2.36. The lowest BCUT2D eigenvalue weighted by Gasteiger charge is -2.09. The zero-order chi connectivity index (χ0) is 12.6. The second kappa shape index (κ2) is 8.10. The molecule has 0 bridgehead atoms. The molecule has 16 heavy (non-hydrogen) atoms. The summed E-state index contributed by atoms with van der Waals surface area (Å²) in [5, 5.41) is 5.45. The second-order valence-corrected chi connectivity index (χ2v) is 4.31. The minimum Gasteiger partial charge on any atom is -0.354 e. The molecular formula is C11H23N3O2. The Morgan fingerprint density at radius 3 is 2.19 bits per heavy atom. The third-order valence-electron chi connectivity index (χ3n) is 2.10. The number of hydrogen-bond donors (Lipinski definition) is 3. The third kappa shape index (κ3) is 8.23. The average molecular weight is 229 g/mol. The summed E-state index contributed by atoms with van der Waals surface area (Å²) in [6, 6.07) is 0.0476. The lowest BCUT2D eigenvalue weighted by atomic mass is 10.2. The van der Waals surface area contributed by atoms with Gasteiger partial charge in [-0.25, -0.2) is 0 Å². The van der Waals surface area contributed by atoms with Crippen molar-refractivity contribution in [3.63, 3.8) is 0 Å². The molecule has 0 aromatic carbocycles. The molecule has 0 aliphatic rings. The molecule has 4 N–H and O–H groups in total. The van der Waals surface area contributed by atoms with Gasteiger partial charge in [0.25, 0.3) is 0 Å². The number of rotatable bonds is 7. The van der Waals surface area contributed by atoms with Gasteiger partial charge in [-0.05, 0) is 13.3 Å². The quantitative estimate of drug-likeness (QED) is 0.537. The summed E-state index contributed by atoms with van der Waals surface area (Å²) in [6.45, 7) is 6.47. The fourth-order valence-corrected chi connectivity index (χ4v) is 1.04. The molecule has 0 aliphatic heterocycles. The van der Waals surface area contributed by atoms with Crippen LogP contribution >= 0.6 is 0 Å². The monoisotopic (exact) mass is 229 g/mol. The summed E-state index contributed by atoms with van der Waals surface area (Å²) < 4.78 is 0. The first-order valence-electron chi connectivity index (χ1n) is 5.73. The van der Waals surface area contributed by atoms with E-state index in [1.165, 1.54) is 0 Å². The Hall–Kier alpha value is -1.10. The van der Waals surface area contributed by atoms with Crippen LogP contribution in [0.5, 0.6) is 0 Å². The number of amides is 2. The van der Waals surface area contributed by atoms with Gasteiger partial charge in [0.2, 0.25) is 11.8 Å². The van der Waals surface area contributed by atoms with E-state index in [1.54, 1.807) is 0 Å². The molecule has 0 aromatic rings. The first-order chi connectivity index (χ1) is 7.43. The van der Waals surface area contributed by atoms with Crippen molar-refractivity contribution in [2.45, 2.75) is 39.7 Å². The summed E-state index contributed by atoms with van der Waals surface area (Å²) in [4.78, 5) is 22.4. The predicted octanol–water partition coefficient (Wildman–Crippen LogP) is 0.00220. The largest absolute Gasteiger partial charge is 0.354 e. The molecule has 0 aromatic heterocycles. The van der Waals surface area contributed by atoms with E-state index in [1.807, 2.05) is 20.8 Å². The molecule has 0 saturated heterocycles. The van der Waals surface area contributed by atoms with Gasteiger partial charge < -0.3 is 16.4 Å². The maximum Gasteiger partial charge on any atom is 0.222 e. The van der Waals surface area contributed by atoms with Crippen LogP contribution in [-0.2, 0) is 9.59 Å². The van der Waals surface area contributed by atoms with Crippen molar-refractivity contribution >= 4 is 11.8 Å². The number of hydrogen-bond acceptors (Lipinski definition) is 3. The summed E-state index contributed by atoms with van der Waals surface area (Å²) >= 11 is 0. The topological polar surface area (TPSA) is 84.2 Å². The normalized spacial score (nSPS) is 12.3. The average Bonchev–Trinajstić information content (AvgIpc) is 2.20. The van der Waals surface area contributed by atoms with Crippen molar-refractivity contribution in [3.05, 3.63) is 0 Å². The highest BCUT2D eigenvalue weighted by Gasteiger charge is 2.06. The third-order valence-corrected chi connectivity index (χ3v) is 2.10. The number of nitrogens with two attached hydrogens (primary N) is 1. The van der Waals surface area contributed by atoms with Gasteiger partial charge in [-0.2, -0.15) is 0 Å². The SMILES string of the molecule is CC(N)CCC(=O)NCCNC(=O)C(C)C. The van der Waals surface area contributed by atoms with Crippen LogP contribution in [0.25, 0.3) is 0 Å². The fraction of sp³-hybridized carbons (Fsp3) is 0.818. The van der Waals surface area contributed by atoms with E-state index < -0.39 is 0 Å². The highest BCUT2D eigenvalue weighted by molar-refractivity contribution is 5.78. The molecule has 0 heterocycles. The van der Waals surface area contributed by atoms with Crippen molar-refractivity contribution < 1.29 is 9.59 Å². The predicted molar refractivity (Wildman–Crippen MR) is 63.7 cm³/mol. The van der Waals surface area contributed by atoms with E-state index in [9.17, 15) is 9.59 Å². The van der Waals surface area contributed by atoms with Crippen molar-refractivity contribution in [2.75, 3.05) is 13.1 Å². The Labute approximate surface area is 97.2 Å². The first-order valence-corrected chi connectivity index (χ1v) is 5.73. The van der Waals surface area contributed by atoms with Crippen molar-refractivity contribution in [2.24, 2.45) is 11.7 Å². The van der Waals surface area contributed by atoms with Gasteiger partial charge >= 0.3 is 0 Å². The van der Waals surface area contributed by atoms with Gasteiger partial charge in [0, 0.05) is 31.5 Å². The van der Waals surface area contributed by atoms with Gasteiger partial charge in [0.1, 0.15) is 0 Å². The molecule has 2 amide bonds. The van der Waals surface area contributed by atoms with Crippen LogP contribution in [0.2, 0.25) is 0 Å². The zero-order valence-electron chi connectivity index (χ0n) is 10.4. The highest BCUT2D eigenvalue weighted by Crippen LogP contribution is 1.92. The molecular weight excluding hydrogens is 206 g/mol. The van der Waals surface area contributed by atoms with E-state index in [4.69, 9.17) is 5.73 Å². The van der Waals surface area contributed by atoms with E-state index in [-0.39, 0.29) is 23.8 Å². The van der Waals surface area contributed by atoms with Gasteiger partial charge in [-0.15, -0.1) is 0 Å². The lowest BCUT2D eigenvalue weighted by molar-refractivity contribution is -0.124. The number of nitrogens with one attached hydrogen (secondary N) is 2. The van der Waals surface area contributed by atoms with Crippen molar-refractivity contribution in [1.29, 1.82) is 0 Å². The summed E-state index contributed by atoms with van der Waals surface area (Å²) in [7, 11) is 0. The molecule has 0 aliphatic carbocycles. The van der Waals surface area contributed by atoms with E-state index in [2.05, 4.69) is 10.6 Å². The molecule has 5 nitrogen and oxygen atoms in total. The maximum absolute atomic E-state index is 11.2. The van der Waals surface area contributed by atoms with Gasteiger partial charge in [0.05, 0.1) is 0 Å². The van der Waals surface area contributed by atoms with Crippen molar-refractivity contribution in [3.8, 4) is 0 Å². The first kappa shape index (κ1) is 14.9. The summed E-state index contributed by atoms with van der Waals surface area (Å²) in [5.74, 6) is -0.0327. The Kier molecular flexibility index (Phi) is 7.54. The van der Waals surface area contributed by atoms with Crippen LogP contribution in [-0.4, -0.2) is 30.9 Å². The Morgan fingerprint density at radius 2 is 1.69 bits per heavy atom. The molecule has 0 fully saturated rings. The smallest absolute Gasteiger partial charge is 0.222 e. The van der Waals surface area contributed by atoms with Crippen LogP contribution < -0.4 is 16.4 Å². The Balaban J connectivity index is 3.45. The molecule has 1 atom stereocenters. The Morgan fingerprint density at radius 1 is 1.12 bits per heavy atom. The van der Waals surface area contributed by atoms with Gasteiger partial charge in [-0.1, -0.05) is 13.8 Å². The van der Waals surface area contributed by atoms with Gasteiger partial charge in [0.15, 0.2) is 0 Å². The second-order valence-electron chi connectivity index (χ2n) is 4.31. The molecule has 0 radical (unpaired) electrons. The summed E-state index contributed by atoms with van der Waals surface area (Å²) in [6.07, 6.45) is 1.12. The summed E-state index contributed by atoms with van der Waals surface area (Å²) in [5.41, 5.74) is 5.53. The van der Waals surface area contributed by atoms with Gasteiger partial charge in [-0.3, -0.25) is 9.59 Å². The van der Waals surface area contributed by atoms with Crippen LogP contribution in [0.15, 0.2) is 0 Å². The van der Waals surface area contributed by atoms with Crippen LogP contribution in [0, 0.1) is 5.92 Å². The zero-order valence-corrected chi connectivity index (χ0v) is 10.4. The molecule has 0 rings (SSSR count). The highest BCUT2D eigenvalue weighted by atomic mass is 16.2. The minimum atomic E-state index is -0.0196. The van der Waals surface area contributed by atoms with Crippen LogP contribution in [0.4, 0.5) is 0 Å². The molecule has 0 saturated carbocycles. The molecule has 5 heteroatoms. The van der Waals surface area contributed by atoms with E-state index >= 15 is 0 Å². The maximum atomic E-state index is 11.2. The number of carbonyl (C=O) groups excluding carboxylic acids is 2. The van der Waals surface area contributed by atoms with Crippen LogP contribution in [0.1, 0.15) is 33.6 Å². The van der Waals surface area contributed by atoms with Crippen molar-refractivity contribution in [1.82, 2.24) is 10.6 Å². The van der Waals surface area contributed by atoms with E-state index in [0.717, 1.165) is 0 Å². The standard InChI is InChI=1S/C11H23N3O2/c1-8(2)11(16)14-7-6-13-10(15)5-4-9(3)12/h8-9H,4-7,12H2,1-3H3,(H,13,15)(H,14,16). The number of carbonyl (C=O) groups is 2. The van der Waals surface area contributed by atoms with E-state index in [0.29, 0.717) is 25.9 Å². The fourth-order valence-electron chi connectivity index (χ4n) is 1.04. The van der Waals surface area contributed by atoms with Crippen LogP contribution in [0.3, 0.4) is 0 Å². The minimum absolute atomic E-state index is 0.00447. The molecule has 94 valence electrons. The molecule has 0 spiro atoms. The Bertz CT molecular complexity index is 227. The molecule has 1 unspecified atom stereocenters.